The first kappa shape index (κ1) is 27.2. The van der Waals surface area contributed by atoms with Crippen LogP contribution in [0.5, 0.6) is 0 Å². The third-order valence-electron chi connectivity index (χ3n) is 30.0. The van der Waals surface area contributed by atoms with Gasteiger partial charge < -0.3 is 0 Å². The first-order chi connectivity index (χ1) is 23.5. The summed E-state index contributed by atoms with van der Waals surface area (Å²) in [4.78, 5) is 10.1. The maximum atomic E-state index is 4.12. The van der Waals surface area contributed by atoms with E-state index < -0.39 is 14.6 Å². The number of hydrogen-bond acceptors (Lipinski definition) is 2. The van der Waals surface area contributed by atoms with E-state index >= 15 is 0 Å². The van der Waals surface area contributed by atoms with Gasteiger partial charge in [0.15, 0.2) is 0 Å². The summed E-state index contributed by atoms with van der Waals surface area (Å²) in [5.41, 5.74) is 2.48. The monoisotopic (exact) mass is 756 g/mol. The van der Waals surface area contributed by atoms with Crippen molar-refractivity contribution in [2.45, 2.75) is 159 Å². The molecule has 1 spiro atoms. The van der Waals surface area contributed by atoms with Crippen molar-refractivity contribution in [3.05, 3.63) is 0 Å². The molecule has 0 aromatic carbocycles. The maximum absolute atomic E-state index is 4.12. The minimum absolute atomic E-state index is 0.182. The second-order valence-electron chi connectivity index (χ2n) is 27.1. The van der Waals surface area contributed by atoms with Gasteiger partial charge in [-0.25, -0.2) is 0 Å². The van der Waals surface area contributed by atoms with E-state index in [-0.39, 0.29) is 7.92 Å². The van der Waals surface area contributed by atoms with Gasteiger partial charge in [-0.3, -0.25) is 0 Å². The Labute approximate surface area is 291 Å². The predicted octanol–water partition coefficient (Wildman–Crippen LogP) is 10.3. The summed E-state index contributed by atoms with van der Waals surface area (Å²) in [6.45, 7) is 10.5. The quantitative estimate of drug-likeness (QED) is 0.190. The molecule has 8 unspecified atom stereocenters. The fourth-order valence-electron chi connectivity index (χ4n) is 33.8. The van der Waals surface area contributed by atoms with Gasteiger partial charge >= 0.3 is 293 Å². The van der Waals surface area contributed by atoms with Crippen molar-refractivity contribution in [1.82, 2.24) is 10.6 Å². The molecule has 0 aromatic heterocycles. The fourth-order valence-corrected chi connectivity index (χ4v) is 151. The average Bonchev–Trinajstić information content (AvgIpc) is 3.84. The van der Waals surface area contributed by atoms with Crippen molar-refractivity contribution in [3.8, 4) is 0 Å². The first-order valence-corrected chi connectivity index (χ1v) is 34.5. The van der Waals surface area contributed by atoms with Gasteiger partial charge in [0, 0.05) is 0 Å². The van der Waals surface area contributed by atoms with Gasteiger partial charge in [0.2, 0.25) is 0 Å². The van der Waals surface area contributed by atoms with Crippen molar-refractivity contribution in [3.63, 3.8) is 0 Å². The van der Waals surface area contributed by atoms with Crippen molar-refractivity contribution in [2.75, 3.05) is 32.3 Å². The predicted molar refractivity (Wildman–Crippen MR) is 206 cm³/mol. The van der Waals surface area contributed by atoms with Crippen LogP contribution in [0.2, 0.25) is 65.9 Å². The summed E-state index contributed by atoms with van der Waals surface area (Å²) in [5, 5.41) is 8.74. The molecule has 12 saturated heterocycles. The van der Waals surface area contributed by atoms with Crippen LogP contribution >= 0.6 is 17.2 Å². The summed E-state index contributed by atoms with van der Waals surface area (Å²) in [7, 11) is 3.04. The molecule has 6 heteroatoms. The molecular weight excluding hydrogens is 690 g/mol. The third kappa shape index (κ3) is 0.890. The normalized spacial score (nSPS) is 83.3. The molecule has 0 radical (unpaired) electrons. The molecule has 20 rings (SSSR count). The van der Waals surface area contributed by atoms with Crippen molar-refractivity contribution in [1.29, 1.82) is 0 Å². The van der Waals surface area contributed by atoms with Crippen LogP contribution in [0.15, 0.2) is 0 Å². The Hall–Kier alpha value is 1.52. The third-order valence-corrected chi connectivity index (χ3v) is 89.3. The van der Waals surface area contributed by atoms with Crippen LogP contribution < -0.4 is 10.6 Å². The number of fused-ring (bicyclic) bond motifs is 10. The van der Waals surface area contributed by atoms with E-state index in [2.05, 4.69) is 39.5 Å². The summed E-state index contributed by atoms with van der Waals surface area (Å²) >= 11 is 0. The average molecular weight is 757 g/mol. The van der Waals surface area contributed by atoms with Crippen LogP contribution in [0.25, 0.3) is 0 Å². The molecule has 2 N–H and O–H groups in total. The Balaban J connectivity index is 0.903. The molecule has 0 amide bonds. The first-order valence-electron chi connectivity index (χ1n) is 22.6. The van der Waals surface area contributed by atoms with Gasteiger partial charge in [-0.05, 0) is 0 Å². The molecule has 12 heterocycles. The van der Waals surface area contributed by atoms with Crippen molar-refractivity contribution in [2.24, 2.45) is 59.2 Å². The number of hydrogen-bond donors (Lipinski definition) is 2. The molecule has 8 bridgehead atoms. The van der Waals surface area contributed by atoms with E-state index in [1.54, 1.807) is 64.2 Å². The van der Waals surface area contributed by atoms with Gasteiger partial charge in [0.25, 0.3) is 0 Å². The second kappa shape index (κ2) is 4.82. The second-order valence-corrected chi connectivity index (χ2v) is 59.4. The molecule has 270 valence electrons. The molecule has 2 nitrogen and oxygen atoms in total. The van der Waals surface area contributed by atoms with Gasteiger partial charge in [-0.15, -0.1) is 0 Å². The Kier molecular flexibility index (Phi) is 2.67. The topological polar surface area (TPSA) is 24.1 Å². The molecule has 8 aliphatic carbocycles. The number of nitrogens with one attached hydrogen (secondary N) is 2. The van der Waals surface area contributed by atoms with Crippen LogP contribution in [0.1, 0.15) is 77.0 Å². The minimum atomic E-state index is -4.00. The van der Waals surface area contributed by atoms with Crippen LogP contribution in [0.4, 0.5) is 0 Å². The van der Waals surface area contributed by atoms with E-state index in [0.717, 1.165) is 48.1 Å². The van der Waals surface area contributed by atoms with Crippen LogP contribution in [-0.2, 0) is 6.51 Å². The summed E-state index contributed by atoms with van der Waals surface area (Å²) in [6.07, 6.45) is 22.0. The molecule has 8 saturated carbocycles. The van der Waals surface area contributed by atoms with Crippen molar-refractivity contribution >= 4 is 25.2 Å². The van der Waals surface area contributed by atoms with Gasteiger partial charge in [-0.2, -0.15) is 0 Å². The molecular formula is C43H66FeN2P2Si. The molecule has 49 heavy (non-hydrogen) atoms. The van der Waals surface area contributed by atoms with Gasteiger partial charge in [0.05, 0.1) is 0 Å². The SMILES string of the molecule is C[Si](C)(C)[C]12[CH]3[C]4(CP(C5C6CC7CC(C6)CC5C7)C5C6CC7CC(C6)CC5C7)[C]5(C(P)(C6CCNC6)C6CCNC6)[CH]1[Fe]34521678[CH]2[CH]1[CH]6[CH]7[CH]28. The Morgan fingerprint density at radius 1 is 0.653 bits per heavy atom. The Morgan fingerprint density at radius 2 is 1.08 bits per heavy atom. The standard InChI is InChI=1S/C38H61N2P2Si.C5H5.Fe/c1-43(2,3)34-18-31(35(19-34)38(41,32-4-6-39-20-32)33-5-7-40-21-33)22-42(36-27-10-23-8-24(12-27)13-28(36)11-23)37-29-14-25-9-26(16-29)17-30(37)15-25;1-2-4-5-3-1;/h18-19,23-30,32-33,36-37,39-40H,4-17,20-22,41H2,1-3H3;1-5H;. The van der Waals surface area contributed by atoms with Gasteiger partial charge in [-0.1, -0.05) is 0 Å². The van der Waals surface area contributed by atoms with Gasteiger partial charge in [0.1, 0.15) is 0 Å². The summed E-state index contributed by atoms with van der Waals surface area (Å²) in [5.74, 6) is 11.3. The van der Waals surface area contributed by atoms with Crippen LogP contribution in [0, 0.1) is 59.2 Å². The van der Waals surface area contributed by atoms with E-state index in [1.165, 1.54) is 108 Å². The Morgan fingerprint density at radius 3 is 1.43 bits per heavy atom. The zero-order chi connectivity index (χ0) is 31.8. The van der Waals surface area contributed by atoms with E-state index in [9.17, 15) is 0 Å². The zero-order valence-electron chi connectivity index (χ0n) is 30.9. The van der Waals surface area contributed by atoms with Crippen LogP contribution in [-0.4, -0.2) is 56.9 Å². The summed E-state index contributed by atoms with van der Waals surface area (Å²) < 4.78 is 3.06. The molecule has 20 aliphatic rings. The Bertz CT molecular complexity index is 2000. The van der Waals surface area contributed by atoms with E-state index in [4.69, 9.17) is 0 Å². The zero-order valence-corrected chi connectivity index (χ0v) is 35.0. The number of rotatable bonds is 8. The summed E-state index contributed by atoms with van der Waals surface area (Å²) in [6, 6.07) is 0. The van der Waals surface area contributed by atoms with E-state index in [1.807, 2.05) is 6.16 Å². The molecule has 20 fully saturated rings. The van der Waals surface area contributed by atoms with E-state index in [0.29, 0.717) is 5.16 Å². The molecule has 0 aromatic rings. The van der Waals surface area contributed by atoms with Crippen LogP contribution in [0.3, 0.4) is 0 Å². The molecule has 8 atom stereocenters. The molecule has 12 aliphatic heterocycles. The fraction of sp³-hybridized carbons (Fsp3) is 1.00. The van der Waals surface area contributed by atoms with Crippen molar-refractivity contribution < 1.29 is 6.51 Å².